The summed E-state index contributed by atoms with van der Waals surface area (Å²) in [6, 6.07) is 0. The molecule has 0 amide bonds. The lowest BCUT2D eigenvalue weighted by Gasteiger charge is -2.08. The molecule has 0 spiro atoms. The van der Waals surface area contributed by atoms with Crippen molar-refractivity contribution in [1.82, 2.24) is 0 Å². The highest BCUT2D eigenvalue weighted by Crippen LogP contribution is 2.45. The molecule has 0 unspecified atom stereocenters. The maximum absolute atomic E-state index is 10.6. The van der Waals surface area contributed by atoms with Crippen molar-refractivity contribution in [3.8, 4) is 0 Å². The summed E-state index contributed by atoms with van der Waals surface area (Å²) in [5.41, 5.74) is 0. The molecule has 0 bridgehead atoms. The fourth-order valence-electron chi connectivity index (χ4n) is 0.744. The number of allylic oxidation sites excluding steroid dienone is 2. The van der Waals surface area contributed by atoms with Crippen LogP contribution in [0.3, 0.4) is 0 Å². The zero-order valence-corrected chi connectivity index (χ0v) is 7.97. The van der Waals surface area contributed by atoms with E-state index >= 15 is 0 Å². The molecule has 4 nitrogen and oxygen atoms in total. The van der Waals surface area contributed by atoms with Crippen molar-refractivity contribution in [2.24, 2.45) is 0 Å². The molecule has 68 valence electrons. The van der Waals surface area contributed by atoms with Crippen molar-refractivity contribution in [2.75, 3.05) is 13.2 Å². The monoisotopic (exact) mass is 190 g/mol. The largest absolute Gasteiger partial charge is 0.431 e. The Morgan fingerprint density at radius 3 is 2.50 bits per heavy atom. The minimum Gasteiger partial charge on any atom is -0.431 e. The molecule has 0 radical (unpaired) electrons. The van der Waals surface area contributed by atoms with Gasteiger partial charge in [0.15, 0.2) is 5.78 Å². The summed E-state index contributed by atoms with van der Waals surface area (Å²) in [6.45, 7) is 4.31. The molecule has 0 aromatic rings. The van der Waals surface area contributed by atoms with Gasteiger partial charge in [0.2, 0.25) is 0 Å². The van der Waals surface area contributed by atoms with Gasteiger partial charge in [0.25, 0.3) is 0 Å². The van der Waals surface area contributed by atoms with E-state index in [1.165, 1.54) is 13.0 Å². The highest BCUT2D eigenvalue weighted by atomic mass is 31.2. The molecule has 1 aliphatic heterocycles. The minimum atomic E-state index is -1.24. The molecule has 0 aliphatic carbocycles. The van der Waals surface area contributed by atoms with Crippen molar-refractivity contribution < 1.29 is 18.4 Å². The van der Waals surface area contributed by atoms with Gasteiger partial charge in [-0.1, -0.05) is 0 Å². The van der Waals surface area contributed by atoms with Crippen LogP contribution in [0.1, 0.15) is 13.8 Å². The standard InChI is InChI=1S/C7H11O4P/c1-6(8)5-7(2)11-12-9-3-4-10-12/h5H,3-4H2,1-2H3. The molecular weight excluding hydrogens is 179 g/mol. The van der Waals surface area contributed by atoms with Gasteiger partial charge in [-0.2, -0.15) is 0 Å². The summed E-state index contributed by atoms with van der Waals surface area (Å²) in [7, 11) is -1.24. The lowest BCUT2D eigenvalue weighted by atomic mass is 10.4. The number of ketones is 1. The van der Waals surface area contributed by atoms with Gasteiger partial charge >= 0.3 is 8.60 Å². The third kappa shape index (κ3) is 3.30. The summed E-state index contributed by atoms with van der Waals surface area (Å²) in [5, 5.41) is 0. The predicted octanol–water partition coefficient (Wildman–Crippen LogP) is 1.77. The van der Waals surface area contributed by atoms with Crippen LogP contribution in [0.25, 0.3) is 0 Å². The first-order chi connectivity index (χ1) is 5.68. The van der Waals surface area contributed by atoms with Gasteiger partial charge in [0.05, 0.1) is 13.2 Å². The van der Waals surface area contributed by atoms with Crippen LogP contribution in [0, 0.1) is 0 Å². The van der Waals surface area contributed by atoms with Gasteiger partial charge in [-0.25, -0.2) is 0 Å². The second-order valence-electron chi connectivity index (χ2n) is 2.35. The second-order valence-corrected chi connectivity index (χ2v) is 3.49. The fraction of sp³-hybridized carbons (Fsp3) is 0.571. The molecule has 1 heterocycles. The summed E-state index contributed by atoms with van der Waals surface area (Å²) < 4.78 is 15.3. The molecule has 1 aliphatic rings. The zero-order valence-electron chi connectivity index (χ0n) is 7.07. The summed E-state index contributed by atoms with van der Waals surface area (Å²) >= 11 is 0. The van der Waals surface area contributed by atoms with E-state index in [1.807, 2.05) is 0 Å². The average molecular weight is 190 g/mol. The first-order valence-electron chi connectivity index (χ1n) is 3.61. The molecule has 5 heteroatoms. The summed E-state index contributed by atoms with van der Waals surface area (Å²) in [6.07, 6.45) is 1.41. The molecule has 0 aromatic heterocycles. The topological polar surface area (TPSA) is 44.8 Å². The molecule has 1 fully saturated rings. The van der Waals surface area contributed by atoms with Crippen LogP contribution in [0.15, 0.2) is 11.8 Å². The number of hydrogen-bond donors (Lipinski definition) is 0. The number of rotatable bonds is 3. The Morgan fingerprint density at radius 2 is 2.00 bits per heavy atom. The van der Waals surface area contributed by atoms with E-state index in [9.17, 15) is 4.79 Å². The maximum Gasteiger partial charge on any atom is 0.397 e. The molecule has 0 atom stereocenters. The van der Waals surface area contributed by atoms with E-state index in [0.29, 0.717) is 19.0 Å². The van der Waals surface area contributed by atoms with Gasteiger partial charge in [0.1, 0.15) is 5.76 Å². The van der Waals surface area contributed by atoms with E-state index in [0.717, 1.165) is 0 Å². The highest BCUT2D eigenvalue weighted by molar-refractivity contribution is 7.42. The van der Waals surface area contributed by atoms with Gasteiger partial charge in [-0.05, 0) is 13.8 Å². The van der Waals surface area contributed by atoms with E-state index in [4.69, 9.17) is 13.6 Å². The Labute approximate surface area is 72.5 Å². The SMILES string of the molecule is CC(=O)C=C(C)OP1OCCO1. The van der Waals surface area contributed by atoms with Crippen molar-refractivity contribution in [2.45, 2.75) is 13.8 Å². The zero-order chi connectivity index (χ0) is 8.97. The van der Waals surface area contributed by atoms with E-state index in [-0.39, 0.29) is 5.78 Å². The maximum atomic E-state index is 10.6. The summed E-state index contributed by atoms with van der Waals surface area (Å²) in [4.78, 5) is 10.6. The Hall–Kier alpha value is -0.440. The third-order valence-corrected chi connectivity index (χ3v) is 2.33. The van der Waals surface area contributed by atoms with Crippen molar-refractivity contribution >= 4 is 14.4 Å². The lowest BCUT2D eigenvalue weighted by molar-refractivity contribution is -0.112. The fourth-order valence-corrected chi connectivity index (χ4v) is 1.66. The third-order valence-electron chi connectivity index (χ3n) is 1.10. The molecule has 1 rings (SSSR count). The first-order valence-corrected chi connectivity index (χ1v) is 4.71. The van der Waals surface area contributed by atoms with Crippen LogP contribution in [-0.2, 0) is 18.4 Å². The average Bonchev–Trinajstić information content (AvgIpc) is 2.37. The van der Waals surface area contributed by atoms with Crippen molar-refractivity contribution in [1.29, 1.82) is 0 Å². The van der Waals surface area contributed by atoms with Gasteiger partial charge < -0.3 is 13.6 Å². The van der Waals surface area contributed by atoms with Gasteiger partial charge in [0, 0.05) is 6.08 Å². The molecule has 12 heavy (non-hydrogen) atoms. The van der Waals surface area contributed by atoms with E-state index < -0.39 is 8.60 Å². The van der Waals surface area contributed by atoms with Crippen LogP contribution < -0.4 is 0 Å². The smallest absolute Gasteiger partial charge is 0.397 e. The van der Waals surface area contributed by atoms with E-state index in [1.54, 1.807) is 6.92 Å². The molecule has 0 saturated carbocycles. The quantitative estimate of drug-likeness (QED) is 0.386. The van der Waals surface area contributed by atoms with Crippen LogP contribution in [-0.4, -0.2) is 19.0 Å². The van der Waals surface area contributed by atoms with Gasteiger partial charge in [-0.15, -0.1) is 0 Å². The Bertz CT molecular complexity index is 196. The van der Waals surface area contributed by atoms with Crippen molar-refractivity contribution in [3.05, 3.63) is 11.8 Å². The highest BCUT2D eigenvalue weighted by Gasteiger charge is 2.20. The Morgan fingerprint density at radius 1 is 1.42 bits per heavy atom. The molecule has 1 saturated heterocycles. The minimum absolute atomic E-state index is 0.0401. The van der Waals surface area contributed by atoms with Crippen molar-refractivity contribution in [3.63, 3.8) is 0 Å². The number of hydrogen-bond acceptors (Lipinski definition) is 4. The van der Waals surface area contributed by atoms with Crippen LogP contribution in [0.2, 0.25) is 0 Å². The number of carbonyl (C=O) groups is 1. The van der Waals surface area contributed by atoms with Crippen LogP contribution in [0.4, 0.5) is 0 Å². The molecular formula is C7H11O4P. The lowest BCUT2D eigenvalue weighted by Crippen LogP contribution is -1.88. The molecule has 0 N–H and O–H groups in total. The predicted molar refractivity (Wildman–Crippen MR) is 44.3 cm³/mol. The Kier molecular flexibility index (Phi) is 3.66. The molecule has 0 aromatic carbocycles. The normalized spacial score (nSPS) is 19.7. The first kappa shape index (κ1) is 9.65. The van der Waals surface area contributed by atoms with Crippen LogP contribution >= 0.6 is 8.60 Å². The van der Waals surface area contributed by atoms with Gasteiger partial charge in [-0.3, -0.25) is 4.79 Å². The number of carbonyl (C=O) groups excluding carboxylic acids is 1. The van der Waals surface area contributed by atoms with Crippen LogP contribution in [0.5, 0.6) is 0 Å². The summed E-state index contributed by atoms with van der Waals surface area (Å²) in [5.74, 6) is 0.497. The van der Waals surface area contributed by atoms with E-state index in [2.05, 4.69) is 0 Å². The Balaban J connectivity index is 2.34. The second kappa shape index (κ2) is 4.55.